The fourth-order valence-corrected chi connectivity index (χ4v) is 4.40. The van der Waals surface area contributed by atoms with Gasteiger partial charge >= 0.3 is 5.97 Å². The Kier molecular flexibility index (Phi) is 7.17. The number of carbonyl (C=O) groups is 2. The van der Waals surface area contributed by atoms with Crippen LogP contribution in [0.25, 0.3) is 0 Å². The average Bonchev–Trinajstić information content (AvgIpc) is 3.28. The number of aryl methyl sites for hydroxylation is 1. The predicted octanol–water partition coefficient (Wildman–Crippen LogP) is 3.56. The van der Waals surface area contributed by atoms with Gasteiger partial charge in [-0.2, -0.15) is 0 Å². The molecule has 0 radical (unpaired) electrons. The molecule has 154 valence electrons. The number of carboxylic acid groups (broad SMARTS) is 1. The van der Waals surface area contributed by atoms with Crippen LogP contribution >= 0.6 is 11.3 Å². The van der Waals surface area contributed by atoms with Crippen molar-refractivity contribution in [3.05, 3.63) is 69.7 Å². The number of carboxylic acids is 1. The number of hydrogen-bond acceptors (Lipinski definition) is 4. The molecule has 0 unspecified atom stereocenters. The third-order valence-electron chi connectivity index (χ3n) is 4.92. The van der Waals surface area contributed by atoms with E-state index in [0.717, 1.165) is 15.3 Å². The number of carbonyl (C=O) groups excluding carboxylic acids is 1. The molecular formula is C22H24FNO4S. The number of aliphatic carboxylic acids is 1. The van der Waals surface area contributed by atoms with Crippen LogP contribution in [-0.2, 0) is 29.0 Å². The van der Waals surface area contributed by atoms with Crippen molar-refractivity contribution in [1.82, 2.24) is 4.90 Å². The van der Waals surface area contributed by atoms with Crippen molar-refractivity contribution in [2.75, 3.05) is 0 Å². The molecule has 1 fully saturated rings. The van der Waals surface area contributed by atoms with Gasteiger partial charge in [0, 0.05) is 22.6 Å². The molecule has 2 aromatic rings. The first-order chi connectivity index (χ1) is 13.9. The summed E-state index contributed by atoms with van der Waals surface area (Å²) in [5.74, 6) is -1.05. The molecule has 0 aliphatic carbocycles. The minimum absolute atomic E-state index is 0.0741. The van der Waals surface area contributed by atoms with Crippen LogP contribution in [0.15, 0.2) is 48.6 Å². The maximum Gasteiger partial charge on any atom is 0.303 e. The number of likely N-dealkylation sites (tertiary alicyclic amines) is 1. The van der Waals surface area contributed by atoms with Crippen molar-refractivity contribution in [1.29, 1.82) is 0 Å². The smallest absolute Gasteiger partial charge is 0.303 e. The Morgan fingerprint density at radius 1 is 1.24 bits per heavy atom. The van der Waals surface area contributed by atoms with Gasteiger partial charge in [0.25, 0.3) is 0 Å². The van der Waals surface area contributed by atoms with E-state index in [1.165, 1.54) is 23.5 Å². The lowest BCUT2D eigenvalue weighted by Gasteiger charge is -2.22. The molecule has 5 nitrogen and oxygen atoms in total. The summed E-state index contributed by atoms with van der Waals surface area (Å²) in [6.07, 6.45) is 5.02. The molecule has 2 heterocycles. The summed E-state index contributed by atoms with van der Waals surface area (Å²) in [5.41, 5.74) is 0.843. The lowest BCUT2D eigenvalue weighted by Crippen LogP contribution is -2.31. The van der Waals surface area contributed by atoms with Crippen LogP contribution in [0.4, 0.5) is 4.39 Å². The minimum atomic E-state index is -0.820. The second kappa shape index (κ2) is 9.80. The zero-order chi connectivity index (χ0) is 20.8. The van der Waals surface area contributed by atoms with Crippen molar-refractivity contribution >= 4 is 23.2 Å². The molecule has 1 aromatic heterocycles. The van der Waals surface area contributed by atoms with E-state index in [1.54, 1.807) is 23.1 Å². The molecule has 1 aliphatic heterocycles. The van der Waals surface area contributed by atoms with Gasteiger partial charge in [-0.1, -0.05) is 24.3 Å². The van der Waals surface area contributed by atoms with E-state index in [-0.39, 0.29) is 24.2 Å². The number of aliphatic hydroxyl groups is 1. The van der Waals surface area contributed by atoms with Crippen LogP contribution in [0.3, 0.4) is 0 Å². The lowest BCUT2D eigenvalue weighted by molar-refractivity contribution is -0.137. The van der Waals surface area contributed by atoms with Crippen molar-refractivity contribution in [2.45, 2.75) is 50.8 Å². The molecule has 2 N–H and O–H groups in total. The maximum absolute atomic E-state index is 13.0. The Hall–Kier alpha value is -2.51. The molecule has 0 saturated carbocycles. The summed E-state index contributed by atoms with van der Waals surface area (Å²) in [7, 11) is 0. The van der Waals surface area contributed by atoms with Crippen LogP contribution in [-0.4, -0.2) is 39.1 Å². The van der Waals surface area contributed by atoms with Gasteiger partial charge < -0.3 is 15.1 Å². The Morgan fingerprint density at radius 3 is 2.69 bits per heavy atom. The maximum atomic E-state index is 13.0. The first-order valence-electron chi connectivity index (χ1n) is 9.60. The Labute approximate surface area is 173 Å². The molecule has 1 saturated heterocycles. The van der Waals surface area contributed by atoms with Gasteiger partial charge in [-0.3, -0.25) is 9.59 Å². The van der Waals surface area contributed by atoms with Gasteiger partial charge in [0.1, 0.15) is 5.82 Å². The summed E-state index contributed by atoms with van der Waals surface area (Å²) in [6.45, 7) is 0.486. The summed E-state index contributed by atoms with van der Waals surface area (Å²) in [4.78, 5) is 26.8. The van der Waals surface area contributed by atoms with E-state index >= 15 is 0 Å². The Morgan fingerprint density at radius 2 is 1.97 bits per heavy atom. The predicted molar refractivity (Wildman–Crippen MR) is 109 cm³/mol. The zero-order valence-corrected chi connectivity index (χ0v) is 16.8. The highest BCUT2D eigenvalue weighted by Crippen LogP contribution is 2.26. The fourth-order valence-electron chi connectivity index (χ4n) is 3.39. The summed E-state index contributed by atoms with van der Waals surface area (Å²) in [5, 5.41) is 19.0. The van der Waals surface area contributed by atoms with E-state index in [2.05, 4.69) is 0 Å². The molecule has 1 aliphatic rings. The lowest BCUT2D eigenvalue weighted by atomic mass is 10.1. The number of nitrogens with zero attached hydrogens (tertiary/aromatic N) is 1. The van der Waals surface area contributed by atoms with E-state index in [9.17, 15) is 19.1 Å². The highest BCUT2D eigenvalue weighted by atomic mass is 32.1. The molecule has 7 heteroatoms. The van der Waals surface area contributed by atoms with Gasteiger partial charge in [0.15, 0.2) is 0 Å². The van der Waals surface area contributed by atoms with Gasteiger partial charge in [-0.15, -0.1) is 11.3 Å². The highest BCUT2D eigenvalue weighted by Gasteiger charge is 2.29. The molecule has 2 atom stereocenters. The second-order valence-corrected chi connectivity index (χ2v) is 8.43. The van der Waals surface area contributed by atoms with Crippen LogP contribution in [0.2, 0.25) is 0 Å². The van der Waals surface area contributed by atoms with Crippen LogP contribution in [0.5, 0.6) is 0 Å². The summed E-state index contributed by atoms with van der Waals surface area (Å²) in [6, 6.07) is 9.82. The van der Waals surface area contributed by atoms with Crippen molar-refractivity contribution in [3.63, 3.8) is 0 Å². The standard InChI is InChI=1S/C22H24FNO4S/c23-16-3-1-15(2-4-16)13-18(25)7-5-17-6-11-21(26)24(17)14-20-9-8-19(29-20)10-12-22(27)28/h1-5,7-9,17-18,25H,6,10-14H2,(H,27,28)/b7-5+/t17-,18+/m0/s1. The highest BCUT2D eigenvalue weighted by molar-refractivity contribution is 7.12. The van der Waals surface area contributed by atoms with Gasteiger partial charge in [0.2, 0.25) is 5.91 Å². The first-order valence-corrected chi connectivity index (χ1v) is 10.4. The normalized spacial score (nSPS) is 17.9. The Bertz CT molecular complexity index is 877. The molecule has 0 bridgehead atoms. The molecule has 3 rings (SSSR count). The zero-order valence-electron chi connectivity index (χ0n) is 16.0. The second-order valence-electron chi connectivity index (χ2n) is 7.17. The van der Waals surface area contributed by atoms with Crippen molar-refractivity contribution in [3.8, 4) is 0 Å². The molecule has 1 aromatic carbocycles. The van der Waals surface area contributed by atoms with E-state index < -0.39 is 12.1 Å². The number of halogens is 1. The quantitative estimate of drug-likeness (QED) is 0.612. The number of amides is 1. The monoisotopic (exact) mass is 417 g/mol. The topological polar surface area (TPSA) is 77.8 Å². The largest absolute Gasteiger partial charge is 0.481 e. The molecular weight excluding hydrogens is 393 g/mol. The van der Waals surface area contributed by atoms with E-state index in [1.807, 2.05) is 18.2 Å². The first kappa shape index (κ1) is 21.2. The fraction of sp³-hybridized carbons (Fsp3) is 0.364. The van der Waals surface area contributed by atoms with Gasteiger partial charge in [-0.05, 0) is 42.7 Å². The van der Waals surface area contributed by atoms with Crippen molar-refractivity contribution < 1.29 is 24.2 Å². The SMILES string of the molecule is O=C(O)CCc1ccc(CN2C(=O)CC[C@@H]2/C=C/[C@@H](O)Cc2ccc(F)cc2)s1. The van der Waals surface area contributed by atoms with E-state index in [4.69, 9.17) is 5.11 Å². The Balaban J connectivity index is 1.57. The molecule has 29 heavy (non-hydrogen) atoms. The number of aliphatic hydroxyl groups excluding tert-OH is 1. The summed E-state index contributed by atoms with van der Waals surface area (Å²) >= 11 is 1.53. The average molecular weight is 418 g/mol. The minimum Gasteiger partial charge on any atom is -0.481 e. The van der Waals surface area contributed by atoms with E-state index in [0.29, 0.717) is 32.2 Å². The number of hydrogen-bond donors (Lipinski definition) is 2. The third kappa shape index (κ3) is 6.24. The van der Waals surface area contributed by atoms with Gasteiger partial charge in [0.05, 0.1) is 25.1 Å². The van der Waals surface area contributed by atoms with Crippen molar-refractivity contribution in [2.24, 2.45) is 0 Å². The number of rotatable bonds is 9. The number of thiophene rings is 1. The van der Waals surface area contributed by atoms with Crippen LogP contribution in [0.1, 0.15) is 34.6 Å². The summed E-state index contributed by atoms with van der Waals surface area (Å²) < 4.78 is 13.0. The number of benzene rings is 1. The van der Waals surface area contributed by atoms with Gasteiger partial charge in [-0.25, -0.2) is 4.39 Å². The third-order valence-corrected chi connectivity index (χ3v) is 6.05. The van der Waals surface area contributed by atoms with Crippen LogP contribution in [0, 0.1) is 5.82 Å². The molecule has 1 amide bonds. The molecule has 0 spiro atoms. The van der Waals surface area contributed by atoms with Crippen LogP contribution < -0.4 is 0 Å².